The fourth-order valence-electron chi connectivity index (χ4n) is 2.26. The average Bonchev–Trinajstić information content (AvgIpc) is 2.62. The third-order valence-electron chi connectivity index (χ3n) is 3.88. The normalized spacial score (nSPS) is 12.8. The van der Waals surface area contributed by atoms with Crippen molar-refractivity contribution < 1.29 is 9.53 Å². The highest BCUT2D eigenvalue weighted by Gasteiger charge is 2.12. The van der Waals surface area contributed by atoms with E-state index in [1.54, 1.807) is 18.2 Å². The van der Waals surface area contributed by atoms with Crippen LogP contribution in [0.1, 0.15) is 49.2 Å². The molecular formula is C20H24N2O2S. The predicted molar refractivity (Wildman–Crippen MR) is 105 cm³/mol. The van der Waals surface area contributed by atoms with Crippen molar-refractivity contribution in [2.75, 3.05) is 0 Å². The molecule has 0 fully saturated rings. The van der Waals surface area contributed by atoms with Crippen LogP contribution in [0.3, 0.4) is 0 Å². The molecule has 132 valence electrons. The van der Waals surface area contributed by atoms with Crippen LogP contribution in [0, 0.1) is 0 Å². The Labute approximate surface area is 154 Å². The highest BCUT2D eigenvalue weighted by molar-refractivity contribution is 7.80. The maximum atomic E-state index is 12.4. The molecule has 0 saturated carbocycles. The highest BCUT2D eigenvalue weighted by Crippen LogP contribution is 2.16. The van der Waals surface area contributed by atoms with Gasteiger partial charge in [-0.3, -0.25) is 10.1 Å². The summed E-state index contributed by atoms with van der Waals surface area (Å²) in [5.74, 6) is 0.422. The Kier molecular flexibility index (Phi) is 6.95. The first-order chi connectivity index (χ1) is 12.0. The average molecular weight is 356 g/mol. The van der Waals surface area contributed by atoms with Crippen molar-refractivity contribution in [3.63, 3.8) is 0 Å². The zero-order chi connectivity index (χ0) is 18.2. The summed E-state index contributed by atoms with van der Waals surface area (Å²) in [7, 11) is 0. The minimum absolute atomic E-state index is 0.00840. The summed E-state index contributed by atoms with van der Waals surface area (Å²) in [5.41, 5.74) is 1.61. The zero-order valence-corrected chi connectivity index (χ0v) is 15.6. The second-order valence-corrected chi connectivity index (χ2v) is 6.33. The summed E-state index contributed by atoms with van der Waals surface area (Å²) in [6.45, 7) is 6.05. The lowest BCUT2D eigenvalue weighted by molar-refractivity contribution is 0.0975. The van der Waals surface area contributed by atoms with Crippen molar-refractivity contribution in [3.8, 4) is 5.75 Å². The van der Waals surface area contributed by atoms with E-state index in [1.807, 2.05) is 50.2 Å². The van der Waals surface area contributed by atoms with Gasteiger partial charge in [-0.25, -0.2) is 0 Å². The van der Waals surface area contributed by atoms with Gasteiger partial charge in [0.2, 0.25) is 0 Å². The number of thiocarbonyl (C=S) groups is 1. The molecule has 0 spiro atoms. The van der Waals surface area contributed by atoms with E-state index in [9.17, 15) is 4.79 Å². The topological polar surface area (TPSA) is 50.4 Å². The summed E-state index contributed by atoms with van der Waals surface area (Å²) >= 11 is 5.25. The maximum absolute atomic E-state index is 12.4. The molecule has 5 heteroatoms. The molecule has 2 rings (SSSR count). The number of hydrogen-bond donors (Lipinski definition) is 2. The molecule has 0 radical (unpaired) electrons. The Morgan fingerprint density at radius 2 is 1.84 bits per heavy atom. The van der Waals surface area contributed by atoms with Crippen LogP contribution in [0.4, 0.5) is 0 Å². The summed E-state index contributed by atoms with van der Waals surface area (Å²) < 4.78 is 5.75. The Hall–Kier alpha value is -2.40. The molecule has 0 aromatic heterocycles. The van der Waals surface area contributed by atoms with Gasteiger partial charge in [0.25, 0.3) is 5.91 Å². The van der Waals surface area contributed by atoms with Gasteiger partial charge in [0, 0.05) is 5.56 Å². The molecule has 1 amide bonds. The number of ether oxygens (including phenoxy) is 1. The van der Waals surface area contributed by atoms with Gasteiger partial charge in [-0.05, 0) is 56.2 Å². The van der Waals surface area contributed by atoms with Crippen molar-refractivity contribution in [1.82, 2.24) is 10.6 Å². The van der Waals surface area contributed by atoms with E-state index in [-0.39, 0.29) is 18.1 Å². The number of hydrogen-bond acceptors (Lipinski definition) is 3. The van der Waals surface area contributed by atoms with E-state index in [0.717, 1.165) is 12.0 Å². The van der Waals surface area contributed by atoms with Crippen LogP contribution < -0.4 is 15.4 Å². The molecule has 0 aliphatic rings. The monoisotopic (exact) mass is 356 g/mol. The zero-order valence-electron chi connectivity index (χ0n) is 14.8. The van der Waals surface area contributed by atoms with Crippen LogP contribution in [-0.2, 0) is 0 Å². The Balaban J connectivity index is 1.95. The van der Waals surface area contributed by atoms with Gasteiger partial charge in [0.1, 0.15) is 5.75 Å². The molecule has 0 heterocycles. The fraction of sp³-hybridized carbons (Fsp3) is 0.300. The smallest absolute Gasteiger partial charge is 0.257 e. The Bertz CT molecular complexity index is 719. The Morgan fingerprint density at radius 3 is 2.52 bits per heavy atom. The molecule has 25 heavy (non-hydrogen) atoms. The van der Waals surface area contributed by atoms with Crippen molar-refractivity contribution in [3.05, 3.63) is 65.7 Å². The molecule has 2 unspecified atom stereocenters. The molecule has 4 nitrogen and oxygen atoms in total. The minimum atomic E-state index is -0.257. The number of rotatable bonds is 6. The van der Waals surface area contributed by atoms with Crippen LogP contribution in [0.2, 0.25) is 0 Å². The first kappa shape index (κ1) is 18.9. The molecule has 0 aliphatic heterocycles. The van der Waals surface area contributed by atoms with Crippen molar-refractivity contribution in [2.24, 2.45) is 0 Å². The number of carbonyl (C=O) groups excluding carboxylic acids is 1. The molecule has 2 aromatic carbocycles. The number of nitrogens with one attached hydrogen (secondary N) is 2. The van der Waals surface area contributed by atoms with Gasteiger partial charge in [0.05, 0.1) is 12.1 Å². The number of benzene rings is 2. The van der Waals surface area contributed by atoms with E-state index in [1.165, 1.54) is 0 Å². The molecule has 2 atom stereocenters. The van der Waals surface area contributed by atoms with Crippen LogP contribution in [0.15, 0.2) is 54.6 Å². The lowest BCUT2D eigenvalue weighted by Gasteiger charge is -2.17. The lowest BCUT2D eigenvalue weighted by atomic mass is 10.1. The van der Waals surface area contributed by atoms with Gasteiger partial charge < -0.3 is 10.1 Å². The molecule has 0 bridgehead atoms. The summed E-state index contributed by atoms with van der Waals surface area (Å²) in [6.07, 6.45) is 1.01. The summed E-state index contributed by atoms with van der Waals surface area (Å²) in [6, 6.07) is 17.0. The van der Waals surface area contributed by atoms with E-state index < -0.39 is 0 Å². The predicted octanol–water partition coefficient (Wildman–Crippen LogP) is 4.23. The maximum Gasteiger partial charge on any atom is 0.257 e. The van der Waals surface area contributed by atoms with Gasteiger partial charge in [-0.15, -0.1) is 0 Å². The summed E-state index contributed by atoms with van der Waals surface area (Å²) in [5, 5.41) is 6.14. The Morgan fingerprint density at radius 1 is 1.12 bits per heavy atom. The first-order valence-corrected chi connectivity index (χ1v) is 8.84. The van der Waals surface area contributed by atoms with Gasteiger partial charge in [-0.2, -0.15) is 0 Å². The third kappa shape index (κ3) is 5.87. The molecular weight excluding hydrogens is 332 g/mol. The SMILES string of the molecule is CCC(C)Oc1cccc(C(=O)NC(=S)NC(C)c2ccccc2)c1. The second kappa shape index (κ2) is 9.18. The number of amides is 1. The van der Waals surface area contributed by atoms with Gasteiger partial charge in [0.15, 0.2) is 5.11 Å². The minimum Gasteiger partial charge on any atom is -0.491 e. The quantitative estimate of drug-likeness (QED) is 0.761. The van der Waals surface area contributed by atoms with Crippen LogP contribution >= 0.6 is 12.2 Å². The van der Waals surface area contributed by atoms with Crippen LogP contribution in [0.25, 0.3) is 0 Å². The highest BCUT2D eigenvalue weighted by atomic mass is 32.1. The standard InChI is InChI=1S/C20H24N2O2S/c1-4-14(2)24-18-12-8-11-17(13-18)19(23)22-20(25)21-15(3)16-9-6-5-7-10-16/h5-15H,4H2,1-3H3,(H2,21,22,23,25). The van der Waals surface area contributed by atoms with Crippen molar-refractivity contribution >= 4 is 23.2 Å². The van der Waals surface area contributed by atoms with E-state index in [0.29, 0.717) is 16.4 Å². The van der Waals surface area contributed by atoms with Gasteiger partial charge >= 0.3 is 0 Å². The molecule has 2 aromatic rings. The molecule has 2 N–H and O–H groups in total. The fourth-order valence-corrected chi connectivity index (χ4v) is 2.53. The molecule has 0 saturated heterocycles. The van der Waals surface area contributed by atoms with Crippen LogP contribution in [0.5, 0.6) is 5.75 Å². The van der Waals surface area contributed by atoms with E-state index in [4.69, 9.17) is 17.0 Å². The lowest BCUT2D eigenvalue weighted by Crippen LogP contribution is -2.40. The van der Waals surface area contributed by atoms with Crippen molar-refractivity contribution in [2.45, 2.75) is 39.3 Å². The third-order valence-corrected chi connectivity index (χ3v) is 4.10. The summed E-state index contributed by atoms with van der Waals surface area (Å²) in [4.78, 5) is 12.4. The van der Waals surface area contributed by atoms with Crippen molar-refractivity contribution in [1.29, 1.82) is 0 Å². The largest absolute Gasteiger partial charge is 0.491 e. The molecule has 0 aliphatic carbocycles. The second-order valence-electron chi connectivity index (χ2n) is 5.92. The van der Waals surface area contributed by atoms with E-state index in [2.05, 4.69) is 17.6 Å². The first-order valence-electron chi connectivity index (χ1n) is 8.43. The van der Waals surface area contributed by atoms with E-state index >= 15 is 0 Å². The van der Waals surface area contributed by atoms with Gasteiger partial charge in [-0.1, -0.05) is 43.3 Å². The van der Waals surface area contributed by atoms with Crippen LogP contribution in [-0.4, -0.2) is 17.1 Å². The number of carbonyl (C=O) groups is 1.